The lowest BCUT2D eigenvalue weighted by atomic mass is 9.56. The van der Waals surface area contributed by atoms with Crippen molar-refractivity contribution < 1.29 is 19.2 Å². The van der Waals surface area contributed by atoms with Gasteiger partial charge in [0.1, 0.15) is 11.1 Å². The zero-order valence-corrected chi connectivity index (χ0v) is 11.8. The fourth-order valence-corrected chi connectivity index (χ4v) is 3.67. The molecule has 114 valence electrons. The number of isocyanates is 4. The van der Waals surface area contributed by atoms with Gasteiger partial charge in [-0.15, -0.1) is 0 Å². The molecule has 2 aliphatic carbocycles. The zero-order chi connectivity index (χ0) is 16.1. The molecule has 0 heterocycles. The van der Waals surface area contributed by atoms with E-state index in [1.54, 1.807) is 6.08 Å². The molecule has 0 aromatic heterocycles. The Bertz CT molecular complexity index is 631. The Balaban J connectivity index is 2.39. The van der Waals surface area contributed by atoms with Crippen molar-refractivity contribution in [2.75, 3.05) is 0 Å². The monoisotopic (exact) mass is 302 g/mol. The van der Waals surface area contributed by atoms with Gasteiger partial charge in [-0.2, -0.15) is 9.98 Å². The van der Waals surface area contributed by atoms with Gasteiger partial charge >= 0.3 is 0 Å². The molecule has 0 saturated heterocycles. The summed E-state index contributed by atoms with van der Waals surface area (Å²) in [6.07, 6.45) is 8.90. The number of nitrogens with zero attached hydrogens (tertiary/aromatic N) is 4. The van der Waals surface area contributed by atoms with Gasteiger partial charge in [0, 0.05) is 0 Å². The highest BCUT2D eigenvalue weighted by molar-refractivity contribution is 5.43. The Morgan fingerprint density at radius 2 is 1.27 bits per heavy atom. The molecule has 2 rings (SSSR count). The van der Waals surface area contributed by atoms with Crippen LogP contribution in [0.25, 0.3) is 0 Å². The van der Waals surface area contributed by atoms with Crippen molar-refractivity contribution in [1.29, 1.82) is 0 Å². The lowest BCUT2D eigenvalue weighted by Crippen LogP contribution is -2.62. The van der Waals surface area contributed by atoms with Crippen LogP contribution in [0.4, 0.5) is 0 Å². The molecule has 2 aliphatic rings. The molecule has 8 nitrogen and oxygen atoms in total. The van der Waals surface area contributed by atoms with E-state index in [1.807, 2.05) is 0 Å². The van der Waals surface area contributed by atoms with Gasteiger partial charge in [0.2, 0.25) is 24.3 Å². The number of hydrogen-bond acceptors (Lipinski definition) is 8. The van der Waals surface area contributed by atoms with Crippen molar-refractivity contribution in [1.82, 2.24) is 0 Å². The van der Waals surface area contributed by atoms with Crippen molar-refractivity contribution in [2.24, 2.45) is 20.0 Å². The van der Waals surface area contributed by atoms with Crippen molar-refractivity contribution >= 4 is 24.3 Å². The van der Waals surface area contributed by atoms with E-state index in [-0.39, 0.29) is 12.1 Å². The minimum atomic E-state index is -0.968. The largest absolute Gasteiger partial charge is 0.235 e. The maximum absolute atomic E-state index is 10.9. The molecule has 22 heavy (non-hydrogen) atoms. The fraction of sp³-hybridized carbons (Fsp3) is 0.714. The third-order valence-corrected chi connectivity index (χ3v) is 4.70. The number of carbonyl (C=O) groups excluding carboxylic acids is 4. The van der Waals surface area contributed by atoms with Crippen molar-refractivity contribution in [3.63, 3.8) is 0 Å². The molecule has 8 heteroatoms. The molecule has 2 fully saturated rings. The SMILES string of the molecule is O=C=NC1CCCC(N=C=O)(C2(N=C=O)CC(N=C=O)C2)C1. The predicted molar refractivity (Wildman–Crippen MR) is 73.2 cm³/mol. The lowest BCUT2D eigenvalue weighted by molar-refractivity contribution is 0.0672. The average molecular weight is 302 g/mol. The van der Waals surface area contributed by atoms with Crippen LogP contribution in [-0.2, 0) is 19.2 Å². The molecule has 0 aromatic rings. The molecule has 0 spiro atoms. The average Bonchev–Trinajstić information content (AvgIpc) is 2.46. The van der Waals surface area contributed by atoms with Crippen LogP contribution in [0.15, 0.2) is 20.0 Å². The number of rotatable bonds is 5. The summed E-state index contributed by atoms with van der Waals surface area (Å²) < 4.78 is 0. The summed E-state index contributed by atoms with van der Waals surface area (Å²) in [5, 5.41) is 0. The Labute approximate surface area is 126 Å². The van der Waals surface area contributed by atoms with Crippen LogP contribution in [0.3, 0.4) is 0 Å². The summed E-state index contributed by atoms with van der Waals surface area (Å²) in [6.45, 7) is 0. The summed E-state index contributed by atoms with van der Waals surface area (Å²) in [6, 6.07) is -0.626. The van der Waals surface area contributed by atoms with Gasteiger partial charge in [0.25, 0.3) is 0 Å². The topological polar surface area (TPSA) is 118 Å². The van der Waals surface area contributed by atoms with Crippen LogP contribution in [0.5, 0.6) is 0 Å². The Kier molecular flexibility index (Phi) is 4.71. The third-order valence-electron chi connectivity index (χ3n) is 4.70. The maximum atomic E-state index is 10.9. The Hall–Kier alpha value is -2.48. The first-order valence-corrected chi connectivity index (χ1v) is 6.97. The first-order valence-electron chi connectivity index (χ1n) is 6.97. The number of aliphatic imine (C=N–C) groups is 4. The van der Waals surface area contributed by atoms with Crippen LogP contribution >= 0.6 is 0 Å². The van der Waals surface area contributed by atoms with Crippen LogP contribution in [0.1, 0.15) is 38.5 Å². The van der Waals surface area contributed by atoms with Crippen molar-refractivity contribution in [2.45, 2.75) is 61.7 Å². The van der Waals surface area contributed by atoms with Gasteiger partial charge < -0.3 is 0 Å². The highest BCUT2D eigenvalue weighted by atomic mass is 16.1. The standard InChI is InChI=1S/C14H14N4O4/c19-7-15-11-2-1-3-13(4-11,17-9-21)14(18-10-22)5-12(6-14)16-8-20/h11-12H,1-6H2. The molecule has 0 aromatic carbocycles. The Morgan fingerprint density at radius 3 is 1.86 bits per heavy atom. The second-order valence-corrected chi connectivity index (χ2v) is 5.72. The van der Waals surface area contributed by atoms with Crippen LogP contribution in [-0.4, -0.2) is 47.5 Å². The van der Waals surface area contributed by atoms with Crippen molar-refractivity contribution in [3.8, 4) is 0 Å². The number of hydrogen-bond donors (Lipinski definition) is 0. The molecular weight excluding hydrogens is 288 g/mol. The van der Waals surface area contributed by atoms with Gasteiger partial charge in [-0.1, -0.05) is 0 Å². The Morgan fingerprint density at radius 1 is 0.727 bits per heavy atom. The van der Waals surface area contributed by atoms with Gasteiger partial charge in [0.15, 0.2) is 0 Å². The maximum Gasteiger partial charge on any atom is 0.235 e. The van der Waals surface area contributed by atoms with Gasteiger partial charge in [-0.05, 0) is 38.5 Å². The van der Waals surface area contributed by atoms with E-state index in [0.717, 1.165) is 0 Å². The third kappa shape index (κ3) is 2.64. The molecule has 0 bridgehead atoms. The summed E-state index contributed by atoms with van der Waals surface area (Å²) in [5.74, 6) is 0. The molecule has 0 N–H and O–H groups in total. The molecular formula is C14H14N4O4. The first kappa shape index (κ1) is 15.9. The quantitative estimate of drug-likeness (QED) is 0.554. The van der Waals surface area contributed by atoms with Crippen LogP contribution in [0, 0.1) is 0 Å². The van der Waals surface area contributed by atoms with E-state index < -0.39 is 11.1 Å². The summed E-state index contributed by atoms with van der Waals surface area (Å²) in [7, 11) is 0. The molecule has 2 atom stereocenters. The fourth-order valence-electron chi connectivity index (χ4n) is 3.67. The summed E-state index contributed by atoms with van der Waals surface area (Å²) in [4.78, 5) is 57.8. The second kappa shape index (κ2) is 6.52. The smallest absolute Gasteiger partial charge is 0.211 e. The van der Waals surface area contributed by atoms with E-state index in [1.165, 1.54) is 18.2 Å². The molecule has 0 amide bonds. The van der Waals surface area contributed by atoms with E-state index in [0.29, 0.717) is 38.5 Å². The lowest BCUT2D eigenvalue weighted by Gasteiger charge is -2.53. The summed E-state index contributed by atoms with van der Waals surface area (Å²) >= 11 is 0. The second-order valence-electron chi connectivity index (χ2n) is 5.72. The minimum Gasteiger partial charge on any atom is -0.211 e. The van der Waals surface area contributed by atoms with Gasteiger partial charge in [-0.25, -0.2) is 29.2 Å². The first-order chi connectivity index (χ1) is 10.6. The molecule has 0 aliphatic heterocycles. The molecule has 2 unspecified atom stereocenters. The van der Waals surface area contributed by atoms with Crippen LogP contribution < -0.4 is 0 Å². The zero-order valence-electron chi connectivity index (χ0n) is 11.8. The highest BCUT2D eigenvalue weighted by Gasteiger charge is 2.61. The molecule has 2 saturated carbocycles. The normalized spacial score (nSPS) is 36.4. The predicted octanol–water partition coefficient (Wildman–Crippen LogP) is 0.912. The van der Waals surface area contributed by atoms with Gasteiger partial charge in [0.05, 0.1) is 12.1 Å². The van der Waals surface area contributed by atoms with E-state index in [4.69, 9.17) is 0 Å². The van der Waals surface area contributed by atoms with Crippen LogP contribution in [0.2, 0.25) is 0 Å². The summed E-state index contributed by atoms with van der Waals surface area (Å²) in [5.41, 5.74) is -1.92. The minimum absolute atomic E-state index is 0.303. The highest BCUT2D eigenvalue weighted by Crippen LogP contribution is 2.53. The van der Waals surface area contributed by atoms with E-state index in [2.05, 4.69) is 20.0 Å². The van der Waals surface area contributed by atoms with Gasteiger partial charge in [-0.3, -0.25) is 0 Å². The van der Waals surface area contributed by atoms with Crippen molar-refractivity contribution in [3.05, 3.63) is 0 Å². The van der Waals surface area contributed by atoms with E-state index >= 15 is 0 Å². The van der Waals surface area contributed by atoms with E-state index in [9.17, 15) is 19.2 Å². The molecule has 0 radical (unpaired) electrons.